The normalized spacial score (nSPS) is 16.8. The molecule has 6 nitrogen and oxygen atoms in total. The lowest BCUT2D eigenvalue weighted by Crippen LogP contribution is -2.38. The van der Waals surface area contributed by atoms with Gasteiger partial charge in [0.1, 0.15) is 0 Å². The minimum absolute atomic E-state index is 0. The molecule has 152 valence electrons. The molecular formula is C23H29N5O. The van der Waals surface area contributed by atoms with E-state index in [1.54, 1.807) is 18.3 Å². The van der Waals surface area contributed by atoms with Gasteiger partial charge in [-0.15, -0.1) is 0 Å². The van der Waals surface area contributed by atoms with E-state index in [-0.39, 0.29) is 13.4 Å². The fourth-order valence-electron chi connectivity index (χ4n) is 3.93. The Kier molecular flexibility index (Phi) is 5.75. The molecule has 0 bridgehead atoms. The van der Waals surface area contributed by atoms with E-state index in [0.717, 1.165) is 24.9 Å². The summed E-state index contributed by atoms with van der Waals surface area (Å²) in [6.45, 7) is 0.863. The molecule has 1 aromatic heterocycles. The molecule has 2 aliphatic rings. The molecular weight excluding hydrogens is 362 g/mol. The lowest BCUT2D eigenvalue weighted by atomic mass is 9.94. The van der Waals surface area contributed by atoms with Gasteiger partial charge in [-0.25, -0.2) is 9.97 Å². The standard InChI is InChI=1S/C23H27N5O.H2/c1-28(19-5-3-2-4-6-19)22(29)20-15-26-23(25-14-17-7-8-17)27-21(20)18-11-9-16(13-24)10-12-18;/h9-12,15,17,19H,2-8,14H2,1H3,(H,25,26,27);1H. The van der Waals surface area contributed by atoms with Crippen molar-refractivity contribution < 1.29 is 6.22 Å². The first-order chi connectivity index (χ1) is 14.2. The van der Waals surface area contributed by atoms with Gasteiger partial charge in [0.05, 0.1) is 22.9 Å². The minimum atomic E-state index is -0.0370. The van der Waals surface area contributed by atoms with Gasteiger partial charge in [-0.05, 0) is 43.7 Å². The maximum atomic E-state index is 13.3. The molecule has 2 aliphatic carbocycles. The van der Waals surface area contributed by atoms with Gasteiger partial charge in [-0.1, -0.05) is 31.4 Å². The number of rotatable bonds is 6. The third kappa shape index (κ3) is 4.56. The SMILES string of the molecule is CN(C(=O)c1cnc(NCC2CC2)nc1-c1ccc(C#N)cc1)C1CCCCC1.[HH]. The largest absolute Gasteiger partial charge is 0.354 e. The summed E-state index contributed by atoms with van der Waals surface area (Å²) in [4.78, 5) is 24.3. The van der Waals surface area contributed by atoms with Gasteiger partial charge in [-0.2, -0.15) is 5.26 Å². The van der Waals surface area contributed by atoms with E-state index in [0.29, 0.717) is 28.7 Å². The van der Waals surface area contributed by atoms with Crippen LogP contribution in [-0.4, -0.2) is 40.4 Å². The van der Waals surface area contributed by atoms with Crippen LogP contribution in [0.5, 0.6) is 0 Å². The zero-order valence-corrected chi connectivity index (χ0v) is 16.9. The highest BCUT2D eigenvalue weighted by Crippen LogP contribution is 2.30. The van der Waals surface area contributed by atoms with Crippen molar-refractivity contribution in [2.24, 2.45) is 5.92 Å². The second kappa shape index (κ2) is 8.60. The van der Waals surface area contributed by atoms with Gasteiger partial charge >= 0.3 is 0 Å². The molecule has 0 saturated heterocycles. The topological polar surface area (TPSA) is 81.9 Å². The Morgan fingerprint density at radius 2 is 1.93 bits per heavy atom. The van der Waals surface area contributed by atoms with Crippen LogP contribution in [0, 0.1) is 17.2 Å². The molecule has 0 aliphatic heterocycles. The van der Waals surface area contributed by atoms with Crippen LogP contribution < -0.4 is 5.32 Å². The zero-order chi connectivity index (χ0) is 20.2. The van der Waals surface area contributed by atoms with E-state index in [1.165, 1.54) is 32.1 Å². The van der Waals surface area contributed by atoms with Gasteiger partial charge in [0, 0.05) is 32.8 Å². The van der Waals surface area contributed by atoms with Crippen molar-refractivity contribution in [1.82, 2.24) is 14.9 Å². The van der Waals surface area contributed by atoms with Crippen molar-refractivity contribution in [3.8, 4) is 17.3 Å². The van der Waals surface area contributed by atoms with Crippen LogP contribution in [0.4, 0.5) is 5.95 Å². The highest BCUT2D eigenvalue weighted by molar-refractivity contribution is 5.99. The molecule has 1 amide bonds. The summed E-state index contributed by atoms with van der Waals surface area (Å²) in [5.41, 5.74) is 2.54. The first-order valence-electron chi connectivity index (χ1n) is 10.5. The Hall–Kier alpha value is -2.94. The van der Waals surface area contributed by atoms with Crippen molar-refractivity contribution >= 4 is 11.9 Å². The van der Waals surface area contributed by atoms with E-state index in [1.807, 2.05) is 24.1 Å². The summed E-state index contributed by atoms with van der Waals surface area (Å²) in [7, 11) is 1.89. The number of nitriles is 1. The molecule has 1 aromatic carbocycles. The monoisotopic (exact) mass is 391 g/mol. The summed E-state index contributed by atoms with van der Waals surface area (Å²) in [5, 5.41) is 12.4. The maximum absolute atomic E-state index is 13.3. The minimum Gasteiger partial charge on any atom is -0.354 e. The number of anilines is 1. The molecule has 2 aromatic rings. The molecule has 2 fully saturated rings. The van der Waals surface area contributed by atoms with Gasteiger partial charge in [0.2, 0.25) is 5.95 Å². The molecule has 2 saturated carbocycles. The Bertz CT molecular complexity index is 914. The predicted octanol–water partition coefficient (Wildman–Crippen LogP) is 4.49. The second-order valence-corrected chi connectivity index (χ2v) is 8.18. The zero-order valence-electron chi connectivity index (χ0n) is 16.9. The van der Waals surface area contributed by atoms with Gasteiger partial charge in [0.15, 0.2) is 0 Å². The number of nitrogens with one attached hydrogen (secondary N) is 1. The van der Waals surface area contributed by atoms with Crippen LogP contribution in [-0.2, 0) is 0 Å². The summed E-state index contributed by atoms with van der Waals surface area (Å²) < 4.78 is 0. The van der Waals surface area contributed by atoms with Crippen molar-refractivity contribution in [2.45, 2.75) is 51.0 Å². The summed E-state index contributed by atoms with van der Waals surface area (Å²) in [6.07, 6.45) is 9.84. The summed E-state index contributed by atoms with van der Waals surface area (Å²) in [5.74, 6) is 1.22. The van der Waals surface area contributed by atoms with E-state index < -0.39 is 0 Å². The number of nitrogens with zero attached hydrogens (tertiary/aromatic N) is 4. The Morgan fingerprint density at radius 3 is 2.59 bits per heavy atom. The lowest BCUT2D eigenvalue weighted by molar-refractivity contribution is 0.0696. The smallest absolute Gasteiger partial charge is 0.257 e. The molecule has 0 atom stereocenters. The number of amides is 1. The Morgan fingerprint density at radius 1 is 1.21 bits per heavy atom. The van der Waals surface area contributed by atoms with E-state index >= 15 is 0 Å². The highest BCUT2D eigenvalue weighted by atomic mass is 16.2. The number of hydrogen-bond donors (Lipinski definition) is 1. The van der Waals surface area contributed by atoms with Crippen LogP contribution in [0.3, 0.4) is 0 Å². The van der Waals surface area contributed by atoms with Gasteiger partial charge in [0.25, 0.3) is 5.91 Å². The van der Waals surface area contributed by atoms with Crippen molar-refractivity contribution in [2.75, 3.05) is 18.9 Å². The second-order valence-electron chi connectivity index (χ2n) is 8.18. The van der Waals surface area contributed by atoms with Crippen LogP contribution in [0.25, 0.3) is 11.3 Å². The third-order valence-corrected chi connectivity index (χ3v) is 6.00. The molecule has 4 rings (SSSR count). The third-order valence-electron chi connectivity index (χ3n) is 6.00. The van der Waals surface area contributed by atoms with Crippen LogP contribution >= 0.6 is 0 Å². The van der Waals surface area contributed by atoms with Crippen molar-refractivity contribution in [3.05, 3.63) is 41.6 Å². The quantitative estimate of drug-likeness (QED) is 0.785. The molecule has 0 unspecified atom stereocenters. The molecule has 29 heavy (non-hydrogen) atoms. The lowest BCUT2D eigenvalue weighted by Gasteiger charge is -2.31. The maximum Gasteiger partial charge on any atom is 0.257 e. The van der Waals surface area contributed by atoms with Crippen molar-refractivity contribution in [1.29, 1.82) is 5.26 Å². The van der Waals surface area contributed by atoms with Crippen molar-refractivity contribution in [3.63, 3.8) is 0 Å². The molecule has 0 spiro atoms. The fraction of sp³-hybridized carbons (Fsp3) is 0.478. The molecule has 6 heteroatoms. The fourth-order valence-corrected chi connectivity index (χ4v) is 3.93. The van der Waals surface area contributed by atoms with E-state index in [9.17, 15) is 4.79 Å². The number of benzene rings is 1. The van der Waals surface area contributed by atoms with Crippen LogP contribution in [0.1, 0.15) is 62.3 Å². The first kappa shape index (κ1) is 19.4. The molecule has 1 heterocycles. The number of carbonyl (C=O) groups excluding carboxylic acids is 1. The highest BCUT2D eigenvalue weighted by Gasteiger charge is 2.26. The number of carbonyl (C=O) groups is 1. The van der Waals surface area contributed by atoms with Crippen LogP contribution in [0.2, 0.25) is 0 Å². The molecule has 0 radical (unpaired) electrons. The van der Waals surface area contributed by atoms with E-state index in [2.05, 4.69) is 16.4 Å². The van der Waals surface area contributed by atoms with Crippen LogP contribution in [0.15, 0.2) is 30.5 Å². The van der Waals surface area contributed by atoms with Gasteiger partial charge < -0.3 is 10.2 Å². The summed E-state index contributed by atoms with van der Waals surface area (Å²) in [6, 6.07) is 9.63. The average Bonchev–Trinajstić information content (AvgIpc) is 3.62. The number of hydrogen-bond acceptors (Lipinski definition) is 5. The number of aromatic nitrogens is 2. The first-order valence-corrected chi connectivity index (χ1v) is 10.5. The average molecular weight is 392 g/mol. The molecule has 1 N–H and O–H groups in total. The summed E-state index contributed by atoms with van der Waals surface area (Å²) >= 11 is 0. The van der Waals surface area contributed by atoms with Gasteiger partial charge in [-0.3, -0.25) is 4.79 Å². The Balaban J connectivity index is 0.00000256. The van der Waals surface area contributed by atoms with E-state index in [4.69, 9.17) is 10.2 Å². The Labute approximate surface area is 173 Å². The predicted molar refractivity (Wildman–Crippen MR) is 114 cm³/mol.